The van der Waals surface area contributed by atoms with Crippen LogP contribution >= 0.6 is 0 Å². The summed E-state index contributed by atoms with van der Waals surface area (Å²) in [5.74, 6) is 1.27. The van der Waals surface area contributed by atoms with Gasteiger partial charge in [-0.05, 0) is 28.7 Å². The lowest BCUT2D eigenvalue weighted by Crippen LogP contribution is -2.52. The van der Waals surface area contributed by atoms with Crippen molar-refractivity contribution in [3.8, 4) is 11.5 Å². The smallest absolute Gasteiger partial charge is 0.463 e. The molecule has 1 aromatic carbocycles. The minimum atomic E-state index is -1.35. The highest BCUT2D eigenvalue weighted by Gasteiger charge is 2.58. The second-order valence-corrected chi connectivity index (χ2v) is 7.63. The molecule has 0 radical (unpaired) electrons. The van der Waals surface area contributed by atoms with E-state index in [0.29, 0.717) is 18.1 Å². The van der Waals surface area contributed by atoms with Gasteiger partial charge in [-0.2, -0.15) is 0 Å². The van der Waals surface area contributed by atoms with Crippen molar-refractivity contribution in [2.24, 2.45) is 5.41 Å². The monoisotopic (exact) mass is 367 g/mol. The first-order valence-corrected chi connectivity index (χ1v) is 8.70. The van der Waals surface area contributed by atoms with Gasteiger partial charge < -0.3 is 19.3 Å². The van der Waals surface area contributed by atoms with Crippen LogP contribution in [0.4, 0.5) is 4.79 Å². The molecule has 0 bridgehead atoms. The molecule has 1 aliphatic rings. The van der Waals surface area contributed by atoms with Crippen LogP contribution in [-0.2, 0) is 16.9 Å². The van der Waals surface area contributed by atoms with E-state index in [0.717, 1.165) is 16.8 Å². The first kappa shape index (κ1) is 17.4. The topological polar surface area (TPSA) is 91.6 Å². The fraction of sp³-hybridized carbons (Fsp3) is 0.300. The Morgan fingerprint density at radius 3 is 2.74 bits per heavy atom. The lowest BCUT2D eigenvalue weighted by atomic mass is 9.69. The number of carbonyl (C=O) groups is 1. The van der Waals surface area contributed by atoms with Crippen molar-refractivity contribution >= 4 is 6.16 Å². The molecule has 0 spiro atoms. The van der Waals surface area contributed by atoms with E-state index in [1.54, 1.807) is 18.5 Å². The summed E-state index contributed by atoms with van der Waals surface area (Å²) in [7, 11) is 0. The molecule has 1 atom stereocenters. The van der Waals surface area contributed by atoms with Crippen LogP contribution in [0, 0.1) is 5.41 Å². The molecule has 140 valence electrons. The molecule has 7 nitrogen and oxygen atoms in total. The molecule has 3 heterocycles. The standard InChI is InChI=1S/C20H21N3O4/c1-19(2,3)20(17-21-11-15(22-17)16-9-6-10-26-16)14-8-5-4-7-13(14)12-23(20)27-18(24)25/h4-11H,12H2,1-3H3,(H,21,22)(H,24,25). The molecule has 3 aromatic rings. The molecular weight excluding hydrogens is 346 g/mol. The molecule has 4 rings (SSSR count). The Morgan fingerprint density at radius 2 is 2.07 bits per heavy atom. The predicted molar refractivity (Wildman–Crippen MR) is 97.6 cm³/mol. The van der Waals surface area contributed by atoms with E-state index in [4.69, 9.17) is 9.25 Å². The van der Waals surface area contributed by atoms with E-state index in [1.807, 2.05) is 51.1 Å². The van der Waals surface area contributed by atoms with E-state index < -0.39 is 17.1 Å². The van der Waals surface area contributed by atoms with Crippen LogP contribution in [0.5, 0.6) is 0 Å². The van der Waals surface area contributed by atoms with E-state index in [1.165, 1.54) is 5.06 Å². The van der Waals surface area contributed by atoms with E-state index in [9.17, 15) is 9.90 Å². The molecule has 1 aliphatic heterocycles. The maximum absolute atomic E-state index is 11.4. The van der Waals surface area contributed by atoms with Crippen molar-refractivity contribution in [1.82, 2.24) is 15.0 Å². The van der Waals surface area contributed by atoms with Gasteiger partial charge in [-0.3, -0.25) is 0 Å². The van der Waals surface area contributed by atoms with Gasteiger partial charge in [-0.15, -0.1) is 5.06 Å². The van der Waals surface area contributed by atoms with Gasteiger partial charge in [0, 0.05) is 0 Å². The predicted octanol–water partition coefficient (Wildman–Crippen LogP) is 4.38. The van der Waals surface area contributed by atoms with Gasteiger partial charge in [0.05, 0.1) is 19.0 Å². The first-order chi connectivity index (χ1) is 12.8. The second-order valence-electron chi connectivity index (χ2n) is 7.63. The summed E-state index contributed by atoms with van der Waals surface area (Å²) in [6, 6.07) is 11.5. The molecule has 0 saturated carbocycles. The SMILES string of the molecule is CC(C)(C)C1(c2ncc(-c3ccco3)[nH]2)c2ccccc2CN1OC(=O)O. The molecule has 0 amide bonds. The average molecular weight is 367 g/mol. The number of hydroxylamine groups is 2. The number of rotatable bonds is 3. The zero-order chi connectivity index (χ0) is 19.2. The normalized spacial score (nSPS) is 19.8. The van der Waals surface area contributed by atoms with Crippen LogP contribution in [-0.4, -0.2) is 26.3 Å². The van der Waals surface area contributed by atoms with E-state index in [2.05, 4.69) is 9.97 Å². The molecule has 0 saturated heterocycles. The number of aromatic nitrogens is 2. The Labute approximate surface area is 156 Å². The number of carboxylic acid groups (broad SMARTS) is 1. The van der Waals surface area contributed by atoms with E-state index in [-0.39, 0.29) is 0 Å². The van der Waals surface area contributed by atoms with Gasteiger partial charge in [0.15, 0.2) is 5.76 Å². The fourth-order valence-electron chi connectivity index (χ4n) is 4.05. The fourth-order valence-corrected chi connectivity index (χ4v) is 4.05. The van der Waals surface area contributed by atoms with Gasteiger partial charge in [0.2, 0.25) is 0 Å². The average Bonchev–Trinajstić information content (AvgIpc) is 3.31. The molecule has 0 fully saturated rings. The second kappa shape index (κ2) is 5.99. The van der Waals surface area contributed by atoms with Crippen LogP contribution in [0.3, 0.4) is 0 Å². The number of hydrogen-bond acceptors (Lipinski definition) is 5. The Bertz CT molecular complexity index is 971. The van der Waals surface area contributed by atoms with Crippen molar-refractivity contribution in [1.29, 1.82) is 0 Å². The highest BCUT2D eigenvalue weighted by atomic mass is 16.8. The minimum absolute atomic E-state index is 0.344. The van der Waals surface area contributed by atoms with Gasteiger partial charge in [0.25, 0.3) is 0 Å². The van der Waals surface area contributed by atoms with Crippen LogP contribution < -0.4 is 0 Å². The summed E-state index contributed by atoms with van der Waals surface area (Å²) >= 11 is 0. The van der Waals surface area contributed by atoms with Gasteiger partial charge >= 0.3 is 6.16 Å². The summed E-state index contributed by atoms with van der Waals surface area (Å²) < 4.78 is 5.46. The molecule has 0 aliphatic carbocycles. The largest absolute Gasteiger partial charge is 0.525 e. The molecule has 7 heteroatoms. The Balaban J connectivity index is 1.95. The van der Waals surface area contributed by atoms with Crippen molar-refractivity contribution in [3.63, 3.8) is 0 Å². The third-order valence-corrected chi connectivity index (χ3v) is 5.07. The number of imidazole rings is 1. The van der Waals surface area contributed by atoms with Crippen molar-refractivity contribution in [2.45, 2.75) is 32.9 Å². The first-order valence-electron chi connectivity index (χ1n) is 8.70. The lowest BCUT2D eigenvalue weighted by molar-refractivity contribution is -0.205. The quantitative estimate of drug-likeness (QED) is 0.713. The summed E-state index contributed by atoms with van der Waals surface area (Å²) in [6.07, 6.45) is 1.94. The van der Waals surface area contributed by atoms with E-state index >= 15 is 0 Å². The van der Waals surface area contributed by atoms with Crippen LogP contribution in [0.15, 0.2) is 53.3 Å². The van der Waals surface area contributed by atoms with Gasteiger partial charge in [-0.25, -0.2) is 9.78 Å². The number of aromatic amines is 1. The number of furan rings is 1. The van der Waals surface area contributed by atoms with Crippen molar-refractivity contribution in [3.05, 3.63) is 65.8 Å². The molecular formula is C20H21N3O4. The highest BCUT2D eigenvalue weighted by molar-refractivity contribution is 5.58. The zero-order valence-corrected chi connectivity index (χ0v) is 15.4. The van der Waals surface area contributed by atoms with Gasteiger partial charge in [-0.1, -0.05) is 45.0 Å². The maximum Gasteiger partial charge on any atom is 0.525 e. The Morgan fingerprint density at radius 1 is 1.30 bits per heavy atom. The van der Waals surface area contributed by atoms with Gasteiger partial charge in [0.1, 0.15) is 17.1 Å². The number of nitrogens with zero attached hydrogens (tertiary/aromatic N) is 2. The maximum atomic E-state index is 11.4. The number of nitrogens with one attached hydrogen (secondary N) is 1. The summed E-state index contributed by atoms with van der Waals surface area (Å²) in [5.41, 5.74) is 1.35. The summed E-state index contributed by atoms with van der Waals surface area (Å²) in [4.78, 5) is 24.6. The number of fused-ring (bicyclic) bond motifs is 1. The lowest BCUT2D eigenvalue weighted by Gasteiger charge is -2.45. The summed E-state index contributed by atoms with van der Waals surface area (Å²) in [6.45, 7) is 6.48. The van der Waals surface area contributed by atoms with Crippen molar-refractivity contribution in [2.75, 3.05) is 0 Å². The number of hydrogen-bond donors (Lipinski definition) is 2. The van der Waals surface area contributed by atoms with Crippen LogP contribution in [0.25, 0.3) is 11.5 Å². The molecule has 27 heavy (non-hydrogen) atoms. The highest BCUT2D eigenvalue weighted by Crippen LogP contribution is 2.54. The zero-order valence-electron chi connectivity index (χ0n) is 15.4. The molecule has 2 N–H and O–H groups in total. The van der Waals surface area contributed by atoms with Crippen LogP contribution in [0.2, 0.25) is 0 Å². The third kappa shape index (κ3) is 2.54. The minimum Gasteiger partial charge on any atom is -0.463 e. The Hall–Kier alpha value is -3.06. The Kier molecular flexibility index (Phi) is 3.85. The van der Waals surface area contributed by atoms with Crippen molar-refractivity contribution < 1.29 is 19.2 Å². The van der Waals surface area contributed by atoms with Crippen LogP contribution in [0.1, 0.15) is 37.7 Å². The third-order valence-electron chi connectivity index (χ3n) is 5.07. The molecule has 1 unspecified atom stereocenters. The number of benzene rings is 1. The summed E-state index contributed by atoms with van der Waals surface area (Å²) in [5, 5.41) is 10.8. The number of H-pyrrole nitrogens is 1. The molecule has 2 aromatic heterocycles.